The van der Waals surface area contributed by atoms with Crippen molar-refractivity contribution < 1.29 is 18.1 Å². The molecule has 0 spiro atoms. The van der Waals surface area contributed by atoms with Gasteiger partial charge in [0.2, 0.25) is 10.0 Å². The van der Waals surface area contributed by atoms with Crippen molar-refractivity contribution in [3.63, 3.8) is 0 Å². The molecule has 0 saturated heterocycles. The lowest BCUT2D eigenvalue weighted by molar-refractivity contribution is -0.386. The normalized spacial score (nSPS) is 11.8. The van der Waals surface area contributed by atoms with Gasteiger partial charge in [-0.15, -0.1) is 0 Å². The lowest BCUT2D eigenvalue weighted by Crippen LogP contribution is -2.30. The molecule has 9 heteroatoms. The highest BCUT2D eigenvalue weighted by molar-refractivity contribution is 7.89. The molecular formula is C24H23N3O5S. The fraction of sp³-hybridized carbons (Fsp3) is 0.208. The number of pyridine rings is 1. The van der Waals surface area contributed by atoms with E-state index in [-0.39, 0.29) is 30.3 Å². The Bertz CT molecular complexity index is 1450. The van der Waals surface area contributed by atoms with Gasteiger partial charge in [0.25, 0.3) is 0 Å². The molecular weight excluding hydrogens is 442 g/mol. The minimum atomic E-state index is -3.83. The maximum absolute atomic E-state index is 12.8. The second kappa shape index (κ2) is 9.13. The average Bonchev–Trinajstić information content (AvgIpc) is 2.83. The molecule has 8 nitrogen and oxygen atoms in total. The van der Waals surface area contributed by atoms with Crippen molar-refractivity contribution in [3.8, 4) is 5.75 Å². The summed E-state index contributed by atoms with van der Waals surface area (Å²) in [5.41, 5.74) is 1.02. The Balaban J connectivity index is 1.72. The Labute approximate surface area is 191 Å². The third-order valence-electron chi connectivity index (χ3n) is 5.52. The van der Waals surface area contributed by atoms with Crippen molar-refractivity contribution in [2.45, 2.75) is 25.3 Å². The molecule has 0 bridgehead atoms. The van der Waals surface area contributed by atoms with Crippen LogP contribution in [0.1, 0.15) is 19.5 Å². The van der Waals surface area contributed by atoms with Crippen LogP contribution in [-0.4, -0.2) is 35.7 Å². The van der Waals surface area contributed by atoms with E-state index in [4.69, 9.17) is 9.72 Å². The SMILES string of the molecule is CCN(CC)S(=O)(=O)c1ccc(OCc2nc3ccccc3c3ccccc23)c([N+](=O)[O-])c1. The number of hydrogen-bond donors (Lipinski definition) is 0. The Morgan fingerprint density at radius 2 is 1.58 bits per heavy atom. The number of rotatable bonds is 8. The number of para-hydroxylation sites is 1. The largest absolute Gasteiger partial charge is 0.480 e. The number of sulfonamides is 1. The molecule has 4 rings (SSSR count). The molecule has 0 fully saturated rings. The van der Waals surface area contributed by atoms with E-state index in [0.29, 0.717) is 5.69 Å². The molecule has 1 heterocycles. The first-order valence-corrected chi connectivity index (χ1v) is 12.0. The molecule has 0 atom stereocenters. The topological polar surface area (TPSA) is 103 Å². The summed E-state index contributed by atoms with van der Waals surface area (Å²) < 4.78 is 32.6. The minimum absolute atomic E-state index is 0.00563. The van der Waals surface area contributed by atoms with Gasteiger partial charge in [-0.25, -0.2) is 13.4 Å². The second-order valence-corrected chi connectivity index (χ2v) is 9.32. The summed E-state index contributed by atoms with van der Waals surface area (Å²) in [6, 6.07) is 19.2. The van der Waals surface area contributed by atoms with Crippen LogP contribution in [0.15, 0.2) is 71.6 Å². The monoisotopic (exact) mass is 465 g/mol. The lowest BCUT2D eigenvalue weighted by atomic mass is 10.0. The van der Waals surface area contributed by atoms with Gasteiger partial charge in [0.15, 0.2) is 5.75 Å². The van der Waals surface area contributed by atoms with E-state index in [1.807, 2.05) is 48.5 Å². The maximum Gasteiger partial charge on any atom is 0.312 e. The standard InChI is InChI=1S/C24H23N3O5S/c1-3-26(4-2)33(30,31)17-13-14-24(23(15-17)27(28)29)32-16-22-20-11-6-5-9-18(20)19-10-7-8-12-21(19)25-22/h5-15H,3-4,16H2,1-2H3. The number of aromatic nitrogens is 1. The van der Waals surface area contributed by atoms with Crippen molar-refractivity contribution >= 4 is 37.4 Å². The molecule has 3 aromatic carbocycles. The molecule has 0 aliphatic rings. The summed E-state index contributed by atoms with van der Waals surface area (Å²) >= 11 is 0. The molecule has 33 heavy (non-hydrogen) atoms. The fourth-order valence-corrected chi connectivity index (χ4v) is 5.34. The highest BCUT2D eigenvalue weighted by Gasteiger charge is 2.26. The van der Waals surface area contributed by atoms with Crippen LogP contribution in [0.2, 0.25) is 0 Å². The van der Waals surface area contributed by atoms with Crippen LogP contribution in [0.5, 0.6) is 5.75 Å². The van der Waals surface area contributed by atoms with E-state index in [0.717, 1.165) is 27.7 Å². The van der Waals surface area contributed by atoms with Crippen LogP contribution in [-0.2, 0) is 16.6 Å². The number of nitro groups is 1. The Morgan fingerprint density at radius 3 is 2.24 bits per heavy atom. The Morgan fingerprint density at radius 1 is 0.939 bits per heavy atom. The van der Waals surface area contributed by atoms with E-state index in [1.165, 1.54) is 16.4 Å². The summed E-state index contributed by atoms with van der Waals surface area (Å²) in [5, 5.41) is 14.6. The third-order valence-corrected chi connectivity index (χ3v) is 7.57. The zero-order valence-corrected chi connectivity index (χ0v) is 19.1. The zero-order valence-electron chi connectivity index (χ0n) is 18.3. The first-order chi connectivity index (χ1) is 15.9. The summed E-state index contributed by atoms with van der Waals surface area (Å²) in [6.07, 6.45) is 0. The summed E-state index contributed by atoms with van der Waals surface area (Å²) in [6.45, 7) is 3.97. The van der Waals surface area contributed by atoms with Gasteiger partial charge in [-0.05, 0) is 23.6 Å². The van der Waals surface area contributed by atoms with Gasteiger partial charge in [0, 0.05) is 29.9 Å². The number of nitrogens with zero attached hydrogens (tertiary/aromatic N) is 3. The highest BCUT2D eigenvalue weighted by atomic mass is 32.2. The van der Waals surface area contributed by atoms with Gasteiger partial charge in [-0.3, -0.25) is 10.1 Å². The van der Waals surface area contributed by atoms with Crippen molar-refractivity contribution in [1.82, 2.24) is 9.29 Å². The molecule has 0 radical (unpaired) electrons. The van der Waals surface area contributed by atoms with Crippen LogP contribution in [0, 0.1) is 10.1 Å². The molecule has 0 saturated carbocycles. The average molecular weight is 466 g/mol. The predicted octanol–water partition coefficient (Wildman–Crippen LogP) is 4.91. The lowest BCUT2D eigenvalue weighted by Gasteiger charge is -2.18. The van der Waals surface area contributed by atoms with Crippen molar-refractivity contribution in [1.29, 1.82) is 0 Å². The van der Waals surface area contributed by atoms with Crippen LogP contribution in [0.3, 0.4) is 0 Å². The first-order valence-electron chi connectivity index (χ1n) is 10.5. The van der Waals surface area contributed by atoms with Crippen molar-refractivity contribution in [3.05, 3.63) is 82.5 Å². The third kappa shape index (κ3) is 4.24. The van der Waals surface area contributed by atoms with Gasteiger partial charge < -0.3 is 4.74 Å². The predicted molar refractivity (Wildman–Crippen MR) is 127 cm³/mol. The van der Waals surface area contributed by atoms with E-state index in [2.05, 4.69) is 0 Å². The second-order valence-electron chi connectivity index (χ2n) is 7.39. The zero-order chi connectivity index (χ0) is 23.6. The molecule has 170 valence electrons. The van der Waals surface area contributed by atoms with E-state index in [9.17, 15) is 18.5 Å². The van der Waals surface area contributed by atoms with E-state index >= 15 is 0 Å². The van der Waals surface area contributed by atoms with Gasteiger partial charge >= 0.3 is 5.69 Å². The number of benzene rings is 3. The van der Waals surface area contributed by atoms with Crippen LogP contribution >= 0.6 is 0 Å². The fourth-order valence-electron chi connectivity index (χ4n) is 3.87. The Kier molecular flexibility index (Phi) is 6.26. The van der Waals surface area contributed by atoms with Gasteiger partial charge in [-0.1, -0.05) is 56.3 Å². The highest BCUT2D eigenvalue weighted by Crippen LogP contribution is 2.33. The van der Waals surface area contributed by atoms with E-state index in [1.54, 1.807) is 13.8 Å². The Hall–Kier alpha value is -3.56. The molecule has 0 aliphatic carbocycles. The van der Waals surface area contributed by atoms with Crippen molar-refractivity contribution in [2.24, 2.45) is 0 Å². The van der Waals surface area contributed by atoms with Gasteiger partial charge in [-0.2, -0.15) is 4.31 Å². The van der Waals surface area contributed by atoms with Gasteiger partial charge in [0.05, 0.1) is 21.0 Å². The molecule has 0 unspecified atom stereocenters. The maximum atomic E-state index is 12.8. The van der Waals surface area contributed by atoms with Crippen molar-refractivity contribution in [2.75, 3.05) is 13.1 Å². The first kappa shape index (κ1) is 22.6. The van der Waals surface area contributed by atoms with Crippen LogP contribution < -0.4 is 4.74 Å². The molecule has 4 aromatic rings. The van der Waals surface area contributed by atoms with Crippen LogP contribution in [0.25, 0.3) is 21.7 Å². The summed E-state index contributed by atoms with van der Waals surface area (Å²) in [7, 11) is -3.83. The number of fused-ring (bicyclic) bond motifs is 3. The molecule has 0 amide bonds. The smallest absolute Gasteiger partial charge is 0.312 e. The minimum Gasteiger partial charge on any atom is -0.480 e. The number of ether oxygens (including phenoxy) is 1. The number of hydrogen-bond acceptors (Lipinski definition) is 6. The van der Waals surface area contributed by atoms with Gasteiger partial charge in [0.1, 0.15) is 6.61 Å². The number of nitro benzene ring substituents is 1. The van der Waals surface area contributed by atoms with E-state index < -0.39 is 20.6 Å². The summed E-state index contributed by atoms with van der Waals surface area (Å²) in [5.74, 6) is -0.0162. The summed E-state index contributed by atoms with van der Waals surface area (Å²) in [4.78, 5) is 15.6. The molecule has 1 aromatic heterocycles. The quantitative estimate of drug-likeness (QED) is 0.208. The molecule has 0 aliphatic heterocycles. The van der Waals surface area contributed by atoms with Crippen LogP contribution in [0.4, 0.5) is 5.69 Å². The molecule has 0 N–H and O–H groups in total.